The molecule has 12 heavy (non-hydrogen) atoms. The molecular weight excluding hydrogens is 144 g/mol. The molecule has 0 heterocycles. The van der Waals surface area contributed by atoms with Gasteiger partial charge in [-0.2, -0.15) is 0 Å². The molecule has 0 N–H and O–H groups in total. The van der Waals surface area contributed by atoms with Crippen LogP contribution in [-0.2, 0) is 0 Å². The summed E-state index contributed by atoms with van der Waals surface area (Å²) < 4.78 is 0. The van der Waals surface area contributed by atoms with Gasteiger partial charge in [0.25, 0.3) is 0 Å². The molecule has 0 amide bonds. The molecule has 1 saturated carbocycles. The van der Waals surface area contributed by atoms with Crippen molar-refractivity contribution in [3.63, 3.8) is 0 Å². The molecule has 0 radical (unpaired) electrons. The summed E-state index contributed by atoms with van der Waals surface area (Å²) in [6.45, 7) is 12.0. The second-order valence-electron chi connectivity index (χ2n) is 5.19. The Morgan fingerprint density at radius 1 is 1.25 bits per heavy atom. The zero-order valence-electron chi connectivity index (χ0n) is 9.41. The minimum absolute atomic E-state index is 0.628. The zero-order chi connectivity index (χ0) is 9.41. The predicted octanol–water partition coefficient (Wildman–Crippen LogP) is 4.25. The summed E-state index contributed by atoms with van der Waals surface area (Å²) in [5.41, 5.74) is 1.28. The van der Waals surface area contributed by atoms with Gasteiger partial charge in [0.15, 0.2) is 0 Å². The van der Waals surface area contributed by atoms with Crippen molar-refractivity contribution in [2.45, 2.75) is 60.3 Å². The van der Waals surface area contributed by atoms with Crippen molar-refractivity contribution in [2.75, 3.05) is 0 Å². The Morgan fingerprint density at radius 3 is 2.17 bits per heavy atom. The Morgan fingerprint density at radius 2 is 1.83 bits per heavy atom. The normalized spacial score (nSPS) is 47.2. The van der Waals surface area contributed by atoms with E-state index in [0.717, 1.165) is 5.92 Å². The van der Waals surface area contributed by atoms with E-state index in [1.165, 1.54) is 25.7 Å². The first-order valence-electron chi connectivity index (χ1n) is 5.50. The van der Waals surface area contributed by atoms with E-state index in [-0.39, 0.29) is 0 Å². The Balaban J connectivity index is 2.69. The standard InChI is InChI=1S/C12H24/c1-6-8-11(4)9-10(3)12(11,5)7-2/h10H,6-9H2,1-5H3. The van der Waals surface area contributed by atoms with Gasteiger partial charge in [0, 0.05) is 0 Å². The molecule has 1 aliphatic rings. The molecule has 0 aromatic rings. The quantitative estimate of drug-likeness (QED) is 0.591. The topological polar surface area (TPSA) is 0 Å². The van der Waals surface area contributed by atoms with Crippen LogP contribution in [-0.4, -0.2) is 0 Å². The highest BCUT2D eigenvalue weighted by molar-refractivity contribution is 5.04. The Kier molecular flexibility index (Phi) is 2.56. The molecule has 0 heteroatoms. The summed E-state index contributed by atoms with van der Waals surface area (Å²) in [5.74, 6) is 0.944. The van der Waals surface area contributed by atoms with Crippen LogP contribution < -0.4 is 0 Å². The molecule has 3 atom stereocenters. The van der Waals surface area contributed by atoms with E-state index in [1.54, 1.807) is 0 Å². The Labute approximate surface area is 77.7 Å². The van der Waals surface area contributed by atoms with Gasteiger partial charge in [-0.3, -0.25) is 0 Å². The van der Waals surface area contributed by atoms with Gasteiger partial charge in [-0.05, 0) is 36.0 Å². The van der Waals surface area contributed by atoms with E-state index in [0.29, 0.717) is 10.8 Å². The molecule has 0 aromatic heterocycles. The highest BCUT2D eigenvalue weighted by Crippen LogP contribution is 2.64. The molecule has 1 fully saturated rings. The summed E-state index contributed by atoms with van der Waals surface area (Å²) >= 11 is 0. The third kappa shape index (κ3) is 1.11. The number of rotatable bonds is 3. The number of hydrogen-bond acceptors (Lipinski definition) is 0. The second-order valence-corrected chi connectivity index (χ2v) is 5.19. The molecule has 0 saturated heterocycles. The maximum absolute atomic E-state index is 2.49. The molecule has 72 valence electrons. The fraction of sp³-hybridized carbons (Fsp3) is 1.00. The minimum Gasteiger partial charge on any atom is -0.0654 e. The third-order valence-corrected chi connectivity index (χ3v) is 4.76. The van der Waals surface area contributed by atoms with Crippen molar-refractivity contribution in [2.24, 2.45) is 16.7 Å². The van der Waals surface area contributed by atoms with Crippen molar-refractivity contribution in [1.29, 1.82) is 0 Å². The van der Waals surface area contributed by atoms with Gasteiger partial charge in [0.1, 0.15) is 0 Å². The molecule has 0 bridgehead atoms. The smallest absolute Gasteiger partial charge is 0.0249 e. The molecule has 0 aromatic carbocycles. The summed E-state index contributed by atoms with van der Waals surface area (Å²) in [5, 5.41) is 0. The summed E-state index contributed by atoms with van der Waals surface area (Å²) in [6, 6.07) is 0. The van der Waals surface area contributed by atoms with Gasteiger partial charge in [0.05, 0.1) is 0 Å². The second kappa shape index (κ2) is 3.05. The molecule has 1 aliphatic carbocycles. The molecule has 3 unspecified atom stereocenters. The van der Waals surface area contributed by atoms with Crippen LogP contribution in [0, 0.1) is 16.7 Å². The summed E-state index contributed by atoms with van der Waals surface area (Å²) in [7, 11) is 0. The van der Waals surface area contributed by atoms with Gasteiger partial charge < -0.3 is 0 Å². The van der Waals surface area contributed by atoms with Crippen molar-refractivity contribution in [3.05, 3.63) is 0 Å². The first kappa shape index (κ1) is 10.1. The van der Waals surface area contributed by atoms with Gasteiger partial charge in [-0.25, -0.2) is 0 Å². The summed E-state index contributed by atoms with van der Waals surface area (Å²) in [6.07, 6.45) is 5.57. The average Bonchev–Trinajstić information content (AvgIpc) is 2.03. The zero-order valence-corrected chi connectivity index (χ0v) is 9.41. The van der Waals surface area contributed by atoms with Gasteiger partial charge in [-0.1, -0.05) is 41.0 Å². The van der Waals surface area contributed by atoms with E-state index in [4.69, 9.17) is 0 Å². The Bertz CT molecular complexity index is 157. The molecule has 1 rings (SSSR count). The lowest BCUT2D eigenvalue weighted by Gasteiger charge is -2.61. The van der Waals surface area contributed by atoms with Crippen LogP contribution in [0.5, 0.6) is 0 Å². The van der Waals surface area contributed by atoms with Crippen molar-refractivity contribution in [3.8, 4) is 0 Å². The molecule has 0 spiro atoms. The first-order chi connectivity index (χ1) is 5.50. The lowest BCUT2D eigenvalue weighted by atomic mass is 9.43. The van der Waals surface area contributed by atoms with Gasteiger partial charge in [0.2, 0.25) is 0 Å². The maximum Gasteiger partial charge on any atom is -0.0249 e. The molecule has 0 aliphatic heterocycles. The largest absolute Gasteiger partial charge is 0.0654 e. The first-order valence-corrected chi connectivity index (χ1v) is 5.50. The monoisotopic (exact) mass is 168 g/mol. The van der Waals surface area contributed by atoms with Crippen molar-refractivity contribution < 1.29 is 0 Å². The highest BCUT2D eigenvalue weighted by atomic mass is 14.6. The van der Waals surface area contributed by atoms with Crippen LogP contribution in [0.2, 0.25) is 0 Å². The lowest BCUT2D eigenvalue weighted by molar-refractivity contribution is -0.121. The van der Waals surface area contributed by atoms with Gasteiger partial charge >= 0.3 is 0 Å². The van der Waals surface area contributed by atoms with Crippen LogP contribution in [0.1, 0.15) is 60.3 Å². The van der Waals surface area contributed by atoms with Gasteiger partial charge in [-0.15, -0.1) is 0 Å². The number of hydrogen-bond donors (Lipinski definition) is 0. The van der Waals surface area contributed by atoms with Crippen molar-refractivity contribution >= 4 is 0 Å². The third-order valence-electron chi connectivity index (χ3n) is 4.76. The fourth-order valence-corrected chi connectivity index (χ4v) is 3.31. The molecule has 0 nitrogen and oxygen atoms in total. The average molecular weight is 168 g/mol. The van der Waals surface area contributed by atoms with E-state index < -0.39 is 0 Å². The lowest BCUT2D eigenvalue weighted by Crippen LogP contribution is -2.53. The maximum atomic E-state index is 2.49. The van der Waals surface area contributed by atoms with E-state index in [9.17, 15) is 0 Å². The minimum atomic E-state index is 0.628. The van der Waals surface area contributed by atoms with Crippen LogP contribution >= 0.6 is 0 Å². The highest BCUT2D eigenvalue weighted by Gasteiger charge is 2.55. The fourth-order valence-electron chi connectivity index (χ4n) is 3.31. The molecular formula is C12H24. The SMILES string of the molecule is CCCC1(C)CC(C)C1(C)CC. The predicted molar refractivity (Wildman–Crippen MR) is 55.2 cm³/mol. The Hall–Kier alpha value is 0. The van der Waals surface area contributed by atoms with Crippen molar-refractivity contribution in [1.82, 2.24) is 0 Å². The van der Waals surface area contributed by atoms with Crippen LogP contribution in [0.4, 0.5) is 0 Å². The van der Waals surface area contributed by atoms with E-state index in [2.05, 4.69) is 34.6 Å². The van der Waals surface area contributed by atoms with Crippen LogP contribution in [0.25, 0.3) is 0 Å². The van der Waals surface area contributed by atoms with Crippen LogP contribution in [0.15, 0.2) is 0 Å². The van der Waals surface area contributed by atoms with Crippen LogP contribution in [0.3, 0.4) is 0 Å². The van der Waals surface area contributed by atoms with E-state index in [1.807, 2.05) is 0 Å². The van der Waals surface area contributed by atoms with E-state index >= 15 is 0 Å². The summed E-state index contributed by atoms with van der Waals surface area (Å²) in [4.78, 5) is 0.